The number of carbonyl (C=O) groups excluding carboxylic acids is 2. The van der Waals surface area contributed by atoms with Gasteiger partial charge in [-0.2, -0.15) is 0 Å². The van der Waals surface area contributed by atoms with Crippen molar-refractivity contribution in [2.24, 2.45) is 0 Å². The lowest BCUT2D eigenvalue weighted by Crippen LogP contribution is -2.18. The standard InChI is InChI=1S/C17H16ClFN2O3S/c1-24-15-7-2-11(18)8-14(15)21-17(23)10-25-9-16(22)20-13-5-3-12(19)4-6-13/h2-8H,9-10H2,1H3,(H,20,22)(H,21,23). The fourth-order valence-corrected chi connectivity index (χ4v) is 2.72. The molecule has 25 heavy (non-hydrogen) atoms. The molecule has 2 N–H and O–H groups in total. The molecule has 0 saturated heterocycles. The SMILES string of the molecule is COc1ccc(Cl)cc1NC(=O)CSCC(=O)Nc1ccc(F)cc1. The molecule has 0 spiro atoms. The van der Waals surface area contributed by atoms with Gasteiger partial charge in [-0.3, -0.25) is 9.59 Å². The number of hydrogen-bond acceptors (Lipinski definition) is 4. The lowest BCUT2D eigenvalue weighted by molar-refractivity contribution is -0.114. The van der Waals surface area contributed by atoms with Crippen LogP contribution in [0.1, 0.15) is 0 Å². The summed E-state index contributed by atoms with van der Waals surface area (Å²) in [5, 5.41) is 5.79. The first-order chi connectivity index (χ1) is 12.0. The fraction of sp³-hybridized carbons (Fsp3) is 0.176. The molecule has 0 saturated carbocycles. The molecule has 0 aliphatic heterocycles. The van der Waals surface area contributed by atoms with Gasteiger partial charge < -0.3 is 15.4 Å². The van der Waals surface area contributed by atoms with Crippen LogP contribution in [0.4, 0.5) is 15.8 Å². The average Bonchev–Trinajstić information content (AvgIpc) is 2.57. The smallest absolute Gasteiger partial charge is 0.234 e. The number of hydrogen-bond donors (Lipinski definition) is 2. The van der Waals surface area contributed by atoms with Crippen LogP contribution in [0.25, 0.3) is 0 Å². The van der Waals surface area contributed by atoms with Crippen LogP contribution >= 0.6 is 23.4 Å². The van der Waals surface area contributed by atoms with Crippen molar-refractivity contribution >= 4 is 46.6 Å². The predicted octanol–water partition coefficient (Wildman–Crippen LogP) is 3.80. The maximum atomic E-state index is 12.8. The molecular formula is C17H16ClFN2O3S. The van der Waals surface area contributed by atoms with Gasteiger partial charge in [-0.15, -0.1) is 11.8 Å². The Morgan fingerprint density at radius 2 is 1.72 bits per heavy atom. The highest BCUT2D eigenvalue weighted by atomic mass is 35.5. The van der Waals surface area contributed by atoms with Crippen molar-refractivity contribution in [2.45, 2.75) is 0 Å². The molecule has 0 atom stereocenters. The highest BCUT2D eigenvalue weighted by Crippen LogP contribution is 2.27. The number of halogens is 2. The van der Waals surface area contributed by atoms with Crippen LogP contribution in [0.3, 0.4) is 0 Å². The number of ether oxygens (including phenoxy) is 1. The van der Waals surface area contributed by atoms with Crippen molar-refractivity contribution in [2.75, 3.05) is 29.2 Å². The number of anilines is 2. The van der Waals surface area contributed by atoms with E-state index in [0.717, 1.165) is 11.8 Å². The Hall–Kier alpha value is -2.25. The lowest BCUT2D eigenvalue weighted by atomic mass is 10.3. The molecular weight excluding hydrogens is 367 g/mol. The molecule has 2 rings (SSSR count). The van der Waals surface area contributed by atoms with Crippen molar-refractivity contribution in [3.63, 3.8) is 0 Å². The number of rotatable bonds is 7. The van der Waals surface area contributed by atoms with E-state index < -0.39 is 0 Å². The summed E-state index contributed by atoms with van der Waals surface area (Å²) in [6.07, 6.45) is 0. The van der Waals surface area contributed by atoms with Crippen LogP contribution in [-0.2, 0) is 9.59 Å². The van der Waals surface area contributed by atoms with Gasteiger partial charge in [0.15, 0.2) is 0 Å². The van der Waals surface area contributed by atoms with Gasteiger partial charge in [0.2, 0.25) is 11.8 Å². The third kappa shape index (κ3) is 6.28. The second-order valence-electron chi connectivity index (χ2n) is 4.94. The first kappa shape index (κ1) is 19.1. The maximum absolute atomic E-state index is 12.8. The monoisotopic (exact) mass is 382 g/mol. The first-order valence-electron chi connectivity index (χ1n) is 7.24. The highest BCUT2D eigenvalue weighted by molar-refractivity contribution is 8.00. The van der Waals surface area contributed by atoms with E-state index in [1.165, 1.54) is 31.4 Å². The Bertz CT molecular complexity index is 756. The van der Waals surface area contributed by atoms with Crippen molar-refractivity contribution < 1.29 is 18.7 Å². The Morgan fingerprint density at radius 1 is 1.08 bits per heavy atom. The molecule has 2 aromatic carbocycles. The van der Waals surface area contributed by atoms with Crippen LogP contribution in [0.15, 0.2) is 42.5 Å². The molecule has 0 unspecified atom stereocenters. The van der Waals surface area contributed by atoms with E-state index in [4.69, 9.17) is 16.3 Å². The van der Waals surface area contributed by atoms with E-state index in [1.54, 1.807) is 18.2 Å². The number of thioether (sulfide) groups is 1. The number of amides is 2. The zero-order chi connectivity index (χ0) is 18.2. The number of methoxy groups -OCH3 is 1. The summed E-state index contributed by atoms with van der Waals surface area (Å²) in [5.74, 6) is -0.244. The largest absolute Gasteiger partial charge is 0.495 e. The Kier molecular flexibility index (Phi) is 7.09. The second kappa shape index (κ2) is 9.29. The Labute approximate surface area is 153 Å². The van der Waals surface area contributed by atoms with E-state index in [0.29, 0.717) is 22.1 Å². The van der Waals surface area contributed by atoms with Crippen molar-refractivity contribution in [1.82, 2.24) is 0 Å². The fourth-order valence-electron chi connectivity index (χ4n) is 1.93. The van der Waals surface area contributed by atoms with E-state index >= 15 is 0 Å². The first-order valence-corrected chi connectivity index (χ1v) is 8.78. The number of nitrogens with one attached hydrogen (secondary N) is 2. The van der Waals surface area contributed by atoms with Crippen molar-refractivity contribution in [1.29, 1.82) is 0 Å². The van der Waals surface area contributed by atoms with Gasteiger partial charge in [0.25, 0.3) is 0 Å². The minimum absolute atomic E-state index is 0.0898. The highest BCUT2D eigenvalue weighted by Gasteiger charge is 2.10. The molecule has 0 radical (unpaired) electrons. The lowest BCUT2D eigenvalue weighted by Gasteiger charge is -2.10. The molecule has 5 nitrogen and oxygen atoms in total. The second-order valence-corrected chi connectivity index (χ2v) is 6.36. The van der Waals surface area contributed by atoms with Gasteiger partial charge in [-0.25, -0.2) is 4.39 Å². The Balaban J connectivity index is 1.77. The molecule has 0 fully saturated rings. The van der Waals surface area contributed by atoms with Gasteiger partial charge in [-0.05, 0) is 42.5 Å². The van der Waals surface area contributed by atoms with Crippen molar-refractivity contribution in [3.05, 3.63) is 53.3 Å². The molecule has 0 heterocycles. The van der Waals surface area contributed by atoms with E-state index in [2.05, 4.69) is 10.6 Å². The predicted molar refractivity (Wildman–Crippen MR) is 99.0 cm³/mol. The third-order valence-electron chi connectivity index (χ3n) is 3.03. The molecule has 8 heteroatoms. The normalized spacial score (nSPS) is 10.2. The molecule has 2 amide bonds. The summed E-state index contributed by atoms with van der Waals surface area (Å²) in [6.45, 7) is 0. The molecule has 0 aliphatic carbocycles. The quantitative estimate of drug-likeness (QED) is 0.764. The van der Waals surface area contributed by atoms with Gasteiger partial charge >= 0.3 is 0 Å². The summed E-state index contributed by atoms with van der Waals surface area (Å²) in [5.41, 5.74) is 0.969. The minimum atomic E-state index is -0.375. The molecule has 0 bridgehead atoms. The summed E-state index contributed by atoms with van der Waals surface area (Å²) >= 11 is 7.06. The average molecular weight is 383 g/mol. The number of carbonyl (C=O) groups is 2. The Morgan fingerprint density at radius 3 is 2.36 bits per heavy atom. The molecule has 0 aliphatic rings. The van der Waals surface area contributed by atoms with Gasteiger partial charge in [0.05, 0.1) is 24.3 Å². The third-order valence-corrected chi connectivity index (χ3v) is 4.20. The van der Waals surface area contributed by atoms with Crippen molar-refractivity contribution in [3.8, 4) is 5.75 Å². The van der Waals surface area contributed by atoms with E-state index in [-0.39, 0.29) is 29.1 Å². The van der Waals surface area contributed by atoms with Crippen LogP contribution < -0.4 is 15.4 Å². The van der Waals surface area contributed by atoms with Crippen LogP contribution in [-0.4, -0.2) is 30.4 Å². The summed E-state index contributed by atoms with van der Waals surface area (Å²) in [6, 6.07) is 10.4. The molecule has 132 valence electrons. The summed E-state index contributed by atoms with van der Waals surface area (Å²) in [7, 11) is 1.49. The van der Waals surface area contributed by atoms with Crippen LogP contribution in [0.2, 0.25) is 5.02 Å². The zero-order valence-corrected chi connectivity index (χ0v) is 14.9. The number of benzene rings is 2. The zero-order valence-electron chi connectivity index (χ0n) is 13.3. The topological polar surface area (TPSA) is 67.4 Å². The van der Waals surface area contributed by atoms with Gasteiger partial charge in [0.1, 0.15) is 11.6 Å². The molecule has 0 aromatic heterocycles. The van der Waals surface area contributed by atoms with Crippen LogP contribution in [0.5, 0.6) is 5.75 Å². The van der Waals surface area contributed by atoms with Gasteiger partial charge in [0, 0.05) is 10.7 Å². The minimum Gasteiger partial charge on any atom is -0.495 e. The van der Waals surface area contributed by atoms with Gasteiger partial charge in [-0.1, -0.05) is 11.6 Å². The van der Waals surface area contributed by atoms with E-state index in [9.17, 15) is 14.0 Å². The summed E-state index contributed by atoms with van der Waals surface area (Å²) in [4.78, 5) is 23.8. The maximum Gasteiger partial charge on any atom is 0.234 e. The molecule has 2 aromatic rings. The van der Waals surface area contributed by atoms with Crippen LogP contribution in [0, 0.1) is 5.82 Å². The van der Waals surface area contributed by atoms with E-state index in [1.807, 2.05) is 0 Å². The summed E-state index contributed by atoms with van der Waals surface area (Å²) < 4.78 is 17.9.